The Labute approximate surface area is 265 Å². The Kier molecular flexibility index (Phi) is 9.19. The number of amides is 1. The van der Waals surface area contributed by atoms with E-state index >= 15 is 0 Å². The van der Waals surface area contributed by atoms with E-state index in [1.807, 2.05) is 88.0 Å². The summed E-state index contributed by atoms with van der Waals surface area (Å²) in [6.07, 6.45) is 3.09. The number of fused-ring (bicyclic) bond motifs is 1. The van der Waals surface area contributed by atoms with Crippen LogP contribution in [0.15, 0.2) is 65.8 Å². The number of carbonyl (C=O) groups is 1. The Balaban J connectivity index is 1.63. The maximum absolute atomic E-state index is 13.8. The van der Waals surface area contributed by atoms with Crippen molar-refractivity contribution < 1.29 is 19.4 Å². The fourth-order valence-corrected chi connectivity index (χ4v) is 5.89. The van der Waals surface area contributed by atoms with E-state index in [9.17, 15) is 9.90 Å². The lowest BCUT2D eigenvalue weighted by molar-refractivity contribution is 0.0575. The van der Waals surface area contributed by atoms with Gasteiger partial charge in [0.05, 0.1) is 30.9 Å². The molecule has 0 spiro atoms. The number of aliphatic hydroxyl groups is 1. The molecule has 2 aromatic carbocycles. The van der Waals surface area contributed by atoms with Gasteiger partial charge < -0.3 is 19.1 Å². The van der Waals surface area contributed by atoms with Crippen molar-refractivity contribution in [2.45, 2.75) is 44.7 Å². The standard InChI is InChI=1S/C32H35ClN6O4S/c1-20-28(22-10-11-24(42-6)25(17-22)44-15-14-40)30-35-26(33)18-27(39(30)36-20)38(31(41)43-32(2,3)4)19-21-8-7-9-23(16-21)29-34-12-13-37(29)5/h7-13,16-18,40H,14-15,19H2,1-6H3. The predicted molar refractivity (Wildman–Crippen MR) is 174 cm³/mol. The SMILES string of the molecule is COc1ccc(-c2c(C)nn3c(N(Cc4cccc(-c5nccn5C)c4)C(=O)OC(C)(C)C)cc(Cl)nc23)cc1SCCO. The number of halogens is 1. The smallest absolute Gasteiger partial charge is 0.416 e. The average molecular weight is 635 g/mol. The highest BCUT2D eigenvalue weighted by molar-refractivity contribution is 7.99. The third-order valence-electron chi connectivity index (χ3n) is 6.75. The van der Waals surface area contributed by atoms with Crippen molar-refractivity contribution >= 4 is 40.9 Å². The maximum Gasteiger partial charge on any atom is 0.416 e. The third-order valence-corrected chi connectivity index (χ3v) is 7.96. The van der Waals surface area contributed by atoms with Gasteiger partial charge in [0, 0.05) is 42.4 Å². The molecule has 0 saturated heterocycles. The van der Waals surface area contributed by atoms with E-state index in [2.05, 4.69) is 9.97 Å². The van der Waals surface area contributed by atoms with Gasteiger partial charge in [-0.2, -0.15) is 9.61 Å². The second kappa shape index (κ2) is 12.9. The zero-order chi connectivity index (χ0) is 31.6. The lowest BCUT2D eigenvalue weighted by Gasteiger charge is -2.28. The summed E-state index contributed by atoms with van der Waals surface area (Å²) in [7, 11) is 3.55. The van der Waals surface area contributed by atoms with Crippen LogP contribution in [0.4, 0.5) is 10.6 Å². The van der Waals surface area contributed by atoms with E-state index in [4.69, 9.17) is 26.2 Å². The average Bonchev–Trinajstić information content (AvgIpc) is 3.55. The minimum absolute atomic E-state index is 0.0411. The number of hydrogen-bond donors (Lipinski definition) is 1. The third kappa shape index (κ3) is 6.69. The summed E-state index contributed by atoms with van der Waals surface area (Å²) < 4.78 is 15.0. The molecule has 3 aromatic heterocycles. The van der Waals surface area contributed by atoms with Crippen molar-refractivity contribution in [1.82, 2.24) is 24.1 Å². The molecule has 0 aliphatic heterocycles. The lowest BCUT2D eigenvalue weighted by Crippen LogP contribution is -2.37. The van der Waals surface area contributed by atoms with E-state index in [1.165, 1.54) is 16.7 Å². The van der Waals surface area contributed by atoms with Crippen LogP contribution in [-0.2, 0) is 18.3 Å². The molecule has 5 aromatic rings. The van der Waals surface area contributed by atoms with Gasteiger partial charge in [-0.1, -0.05) is 35.9 Å². The highest BCUT2D eigenvalue weighted by atomic mass is 35.5. The molecule has 0 bridgehead atoms. The number of nitrogens with zero attached hydrogens (tertiary/aromatic N) is 6. The number of carbonyl (C=O) groups excluding carboxylic acids is 1. The van der Waals surface area contributed by atoms with Crippen LogP contribution < -0.4 is 9.64 Å². The monoisotopic (exact) mass is 634 g/mol. The van der Waals surface area contributed by atoms with E-state index in [1.54, 1.807) is 23.9 Å². The largest absolute Gasteiger partial charge is 0.496 e. The van der Waals surface area contributed by atoms with Gasteiger partial charge in [-0.25, -0.2) is 14.8 Å². The van der Waals surface area contributed by atoms with Gasteiger partial charge >= 0.3 is 6.09 Å². The van der Waals surface area contributed by atoms with Crippen LogP contribution in [0, 0.1) is 6.92 Å². The molecule has 12 heteroatoms. The fourth-order valence-electron chi connectivity index (χ4n) is 4.90. The Morgan fingerprint density at radius 2 is 1.93 bits per heavy atom. The van der Waals surface area contributed by atoms with Gasteiger partial charge in [0.25, 0.3) is 0 Å². The number of anilines is 1. The van der Waals surface area contributed by atoms with Crippen molar-refractivity contribution in [3.05, 3.63) is 77.3 Å². The van der Waals surface area contributed by atoms with Crippen LogP contribution in [0.2, 0.25) is 5.15 Å². The molecule has 0 atom stereocenters. The molecule has 3 heterocycles. The number of aryl methyl sites for hydroxylation is 2. The van der Waals surface area contributed by atoms with Crippen molar-refractivity contribution in [3.8, 4) is 28.3 Å². The topological polar surface area (TPSA) is 107 Å². The molecular weight excluding hydrogens is 600 g/mol. The van der Waals surface area contributed by atoms with Crippen LogP contribution in [0.25, 0.3) is 28.2 Å². The minimum Gasteiger partial charge on any atom is -0.496 e. The van der Waals surface area contributed by atoms with Gasteiger partial charge in [-0.3, -0.25) is 4.90 Å². The first-order chi connectivity index (χ1) is 21.0. The van der Waals surface area contributed by atoms with E-state index in [0.717, 1.165) is 33.0 Å². The number of hydrogen-bond acceptors (Lipinski definition) is 8. The molecule has 0 aliphatic carbocycles. The van der Waals surface area contributed by atoms with Crippen molar-refractivity contribution in [1.29, 1.82) is 0 Å². The van der Waals surface area contributed by atoms with Gasteiger partial charge in [0.15, 0.2) is 5.65 Å². The second-order valence-corrected chi connectivity index (χ2v) is 12.7. The predicted octanol–water partition coefficient (Wildman–Crippen LogP) is 6.79. The Bertz CT molecular complexity index is 1810. The summed E-state index contributed by atoms with van der Waals surface area (Å²) in [5, 5.41) is 14.4. The molecule has 5 rings (SSSR count). The van der Waals surface area contributed by atoms with Crippen molar-refractivity contribution in [3.63, 3.8) is 0 Å². The molecule has 0 saturated carbocycles. The van der Waals surface area contributed by atoms with E-state index in [0.29, 0.717) is 28.7 Å². The molecule has 10 nitrogen and oxygen atoms in total. The first-order valence-corrected chi connectivity index (χ1v) is 15.4. The van der Waals surface area contributed by atoms with Gasteiger partial charge in [0.2, 0.25) is 0 Å². The number of ether oxygens (including phenoxy) is 2. The Hall–Kier alpha value is -4.06. The lowest BCUT2D eigenvalue weighted by atomic mass is 10.1. The van der Waals surface area contributed by atoms with Crippen LogP contribution >= 0.6 is 23.4 Å². The van der Waals surface area contributed by atoms with Crippen LogP contribution in [0.3, 0.4) is 0 Å². The van der Waals surface area contributed by atoms with Crippen molar-refractivity contribution in [2.24, 2.45) is 7.05 Å². The molecule has 230 valence electrons. The van der Waals surface area contributed by atoms with Gasteiger partial charge in [-0.05, 0) is 57.0 Å². The van der Waals surface area contributed by atoms with E-state index < -0.39 is 11.7 Å². The van der Waals surface area contributed by atoms with Crippen molar-refractivity contribution in [2.75, 3.05) is 24.4 Å². The van der Waals surface area contributed by atoms with Crippen LogP contribution in [0.1, 0.15) is 32.0 Å². The first kappa shape index (κ1) is 31.4. The molecular formula is C32H35ClN6O4S. The number of thioether (sulfide) groups is 1. The summed E-state index contributed by atoms with van der Waals surface area (Å²) in [6.45, 7) is 7.59. The molecule has 0 radical (unpaired) electrons. The van der Waals surface area contributed by atoms with E-state index in [-0.39, 0.29) is 18.3 Å². The maximum atomic E-state index is 13.8. The number of aliphatic hydroxyl groups excluding tert-OH is 1. The molecule has 44 heavy (non-hydrogen) atoms. The molecule has 0 unspecified atom stereocenters. The fraction of sp³-hybridized carbons (Fsp3) is 0.312. The highest BCUT2D eigenvalue weighted by Gasteiger charge is 2.28. The minimum atomic E-state index is -0.739. The highest BCUT2D eigenvalue weighted by Crippen LogP contribution is 2.37. The van der Waals surface area contributed by atoms with Crippen LogP contribution in [-0.4, -0.2) is 60.4 Å². The van der Waals surface area contributed by atoms with Gasteiger partial charge in [-0.15, -0.1) is 11.8 Å². The number of aromatic nitrogens is 5. The first-order valence-electron chi connectivity index (χ1n) is 14.0. The summed E-state index contributed by atoms with van der Waals surface area (Å²) in [4.78, 5) is 25.3. The quantitative estimate of drug-likeness (QED) is 0.139. The molecule has 0 aliphatic rings. The summed E-state index contributed by atoms with van der Waals surface area (Å²) >= 11 is 8.13. The molecule has 1 N–H and O–H groups in total. The summed E-state index contributed by atoms with van der Waals surface area (Å²) in [5.41, 5.74) is 3.85. The van der Waals surface area contributed by atoms with Crippen LogP contribution in [0.5, 0.6) is 5.75 Å². The Morgan fingerprint density at radius 3 is 2.61 bits per heavy atom. The molecule has 1 amide bonds. The van der Waals surface area contributed by atoms with Gasteiger partial charge in [0.1, 0.15) is 28.1 Å². The zero-order valence-corrected chi connectivity index (χ0v) is 27.1. The Morgan fingerprint density at radius 1 is 1.14 bits per heavy atom. The number of benzene rings is 2. The number of methoxy groups -OCH3 is 1. The number of rotatable bonds is 9. The second-order valence-electron chi connectivity index (χ2n) is 11.2. The number of imidazole rings is 1. The summed E-state index contributed by atoms with van der Waals surface area (Å²) in [6, 6.07) is 15.3. The molecule has 0 fully saturated rings. The normalized spacial score (nSPS) is 11.6. The summed E-state index contributed by atoms with van der Waals surface area (Å²) in [5.74, 6) is 2.45. The zero-order valence-electron chi connectivity index (χ0n) is 25.5.